The summed E-state index contributed by atoms with van der Waals surface area (Å²) >= 11 is 0. The molecule has 2 aromatic carbocycles. The Kier molecular flexibility index (Phi) is 12.7. The Morgan fingerprint density at radius 2 is 1.58 bits per heavy atom. The minimum absolute atomic E-state index is 0. The third-order valence-corrected chi connectivity index (χ3v) is 6.73. The van der Waals surface area contributed by atoms with Gasteiger partial charge < -0.3 is 20.8 Å². The summed E-state index contributed by atoms with van der Waals surface area (Å²) in [6.45, 7) is 6.91. The highest BCUT2D eigenvalue weighted by Crippen LogP contribution is 2.38. The molecule has 0 aromatic heterocycles. The molecular formula is C29H44O7. The average Bonchev–Trinajstić information content (AvgIpc) is 2.78. The number of carbonyl (C=O) groups is 3. The number of Topliss-reactive ketones (excluding diaryl/α,β-unsaturated/α-hetero) is 3. The van der Waals surface area contributed by atoms with E-state index in [1.165, 1.54) is 24.1 Å². The number of benzene rings is 2. The summed E-state index contributed by atoms with van der Waals surface area (Å²) in [5.74, 6) is -1.77. The van der Waals surface area contributed by atoms with Crippen molar-refractivity contribution >= 4 is 17.3 Å². The van der Waals surface area contributed by atoms with E-state index in [4.69, 9.17) is 0 Å². The minimum Gasteiger partial charge on any atom is -0.507 e. The lowest BCUT2D eigenvalue weighted by atomic mass is 9.73. The van der Waals surface area contributed by atoms with Crippen LogP contribution in [0, 0.1) is 38.5 Å². The van der Waals surface area contributed by atoms with Crippen LogP contribution in [-0.2, 0) is 16.0 Å². The van der Waals surface area contributed by atoms with Gasteiger partial charge in [-0.1, -0.05) is 41.5 Å². The van der Waals surface area contributed by atoms with Gasteiger partial charge >= 0.3 is 0 Å². The van der Waals surface area contributed by atoms with Crippen molar-refractivity contribution in [1.29, 1.82) is 0 Å². The molecule has 36 heavy (non-hydrogen) atoms. The Hall–Kier alpha value is -2.87. The van der Waals surface area contributed by atoms with E-state index in [0.717, 1.165) is 11.1 Å². The molecule has 0 saturated carbocycles. The summed E-state index contributed by atoms with van der Waals surface area (Å²) in [7, 11) is 0. The first-order valence-corrected chi connectivity index (χ1v) is 12.2. The van der Waals surface area contributed by atoms with E-state index in [2.05, 4.69) is 38.1 Å². The fraction of sp³-hybridized carbons (Fsp3) is 0.483. The molecular weight excluding hydrogens is 460 g/mol. The third-order valence-electron chi connectivity index (χ3n) is 6.73. The maximum atomic E-state index is 12.6. The van der Waals surface area contributed by atoms with Crippen molar-refractivity contribution in [3.05, 3.63) is 64.2 Å². The highest BCUT2D eigenvalue weighted by molar-refractivity contribution is 6.01. The normalized spacial score (nSPS) is 16.1. The van der Waals surface area contributed by atoms with Crippen LogP contribution in [-0.4, -0.2) is 51.4 Å². The van der Waals surface area contributed by atoms with Crippen LogP contribution in [0.15, 0.2) is 36.4 Å². The molecule has 1 aliphatic rings. The quantitative estimate of drug-likeness (QED) is 0.441. The lowest BCUT2D eigenvalue weighted by molar-refractivity contribution is -0.131. The molecule has 0 spiro atoms. The Labute approximate surface area is 216 Å². The summed E-state index contributed by atoms with van der Waals surface area (Å²) < 4.78 is 0. The van der Waals surface area contributed by atoms with Crippen molar-refractivity contribution in [3.8, 4) is 5.75 Å². The summed E-state index contributed by atoms with van der Waals surface area (Å²) in [4.78, 5) is 36.2. The number of carbonyl (C=O) groups excluding carboxylic acids is 3. The van der Waals surface area contributed by atoms with Gasteiger partial charge in [0.2, 0.25) is 0 Å². The van der Waals surface area contributed by atoms with E-state index in [1.807, 2.05) is 6.92 Å². The number of aromatic hydroxyl groups is 1. The van der Waals surface area contributed by atoms with Gasteiger partial charge in [-0.2, -0.15) is 0 Å². The van der Waals surface area contributed by atoms with Crippen LogP contribution < -0.4 is 0 Å². The highest BCUT2D eigenvalue weighted by atomic mass is 16.3. The van der Waals surface area contributed by atoms with Gasteiger partial charge in [0.15, 0.2) is 5.78 Å². The topological polar surface area (TPSA) is 143 Å². The van der Waals surface area contributed by atoms with Crippen molar-refractivity contribution in [2.75, 3.05) is 13.2 Å². The first kappa shape index (κ1) is 31.2. The maximum Gasteiger partial charge on any atom is 0.167 e. The zero-order valence-electron chi connectivity index (χ0n) is 21.7. The molecule has 7 heteroatoms. The summed E-state index contributed by atoms with van der Waals surface area (Å²) in [6.07, 6.45) is 1.45. The van der Waals surface area contributed by atoms with Crippen LogP contribution in [0.4, 0.5) is 0 Å². The number of aryl methyl sites for hydroxylation is 3. The van der Waals surface area contributed by atoms with Gasteiger partial charge in [0, 0.05) is 21.8 Å². The molecule has 3 rings (SSSR count). The monoisotopic (exact) mass is 504 g/mol. The number of fused-ring (bicyclic) bond motifs is 1. The van der Waals surface area contributed by atoms with Crippen molar-refractivity contribution < 1.29 is 38.0 Å². The zero-order valence-corrected chi connectivity index (χ0v) is 21.7. The van der Waals surface area contributed by atoms with Crippen molar-refractivity contribution in [1.82, 2.24) is 0 Å². The summed E-state index contributed by atoms with van der Waals surface area (Å²) in [5, 5.41) is 29.1. The number of aliphatic hydroxyl groups excluding tert-OH is 2. The van der Waals surface area contributed by atoms with Gasteiger partial charge in [-0.05, 0) is 76.0 Å². The molecule has 0 heterocycles. The molecule has 7 nitrogen and oxygen atoms in total. The van der Waals surface area contributed by atoms with E-state index in [9.17, 15) is 29.7 Å². The second-order valence-corrected chi connectivity index (χ2v) is 9.75. The van der Waals surface area contributed by atoms with E-state index in [-0.39, 0.29) is 69.3 Å². The van der Waals surface area contributed by atoms with Gasteiger partial charge in [-0.3, -0.25) is 14.4 Å². The maximum absolute atomic E-state index is 12.6. The molecule has 0 amide bonds. The zero-order chi connectivity index (χ0) is 26.1. The fourth-order valence-corrected chi connectivity index (χ4v) is 4.81. The molecule has 0 saturated heterocycles. The minimum atomic E-state index is -0.720. The SMILES string of the molecule is CC(=O)CC(=O)C(CO)C(CCO)CC1CC(=O)c2c(O)ccc(C)c2C1.Cc1ccc(C)cc1.O.[HH].[HH]. The Morgan fingerprint density at radius 3 is 2.08 bits per heavy atom. The molecule has 0 fully saturated rings. The van der Waals surface area contributed by atoms with E-state index in [0.29, 0.717) is 24.8 Å². The summed E-state index contributed by atoms with van der Waals surface area (Å²) in [5.41, 5.74) is 4.81. The number of hydrogen-bond acceptors (Lipinski definition) is 6. The smallest absolute Gasteiger partial charge is 0.167 e. The van der Waals surface area contributed by atoms with Crippen LogP contribution in [0.1, 0.15) is 68.1 Å². The van der Waals surface area contributed by atoms with Gasteiger partial charge in [0.05, 0.1) is 18.6 Å². The average molecular weight is 505 g/mol. The van der Waals surface area contributed by atoms with Gasteiger partial charge in [0.25, 0.3) is 0 Å². The Morgan fingerprint density at radius 1 is 1.00 bits per heavy atom. The third kappa shape index (κ3) is 8.66. The predicted octanol–water partition coefficient (Wildman–Crippen LogP) is 3.96. The van der Waals surface area contributed by atoms with Crippen LogP contribution in [0.5, 0.6) is 5.75 Å². The Bertz CT molecular complexity index is 1020. The molecule has 202 valence electrons. The standard InChI is InChI=1S/C21H28O6.C8H10.H2O.2H2/c1-12-3-4-18(25)21-16(12)9-14(10-20(21)27)8-15(5-6-22)17(11-23)19(26)7-13(2)24;1-7-3-5-8(2)6-4-7;;;/h3-4,14-15,17,22-23,25H,5-11H2,1-2H3;3-6H,1-2H3;1H2;2*1H. The van der Waals surface area contributed by atoms with Crippen LogP contribution in [0.25, 0.3) is 0 Å². The fourth-order valence-electron chi connectivity index (χ4n) is 4.81. The van der Waals surface area contributed by atoms with Crippen molar-refractivity contribution in [2.45, 2.75) is 59.8 Å². The van der Waals surface area contributed by atoms with Crippen LogP contribution in [0.3, 0.4) is 0 Å². The van der Waals surface area contributed by atoms with E-state index in [1.54, 1.807) is 6.07 Å². The highest BCUT2D eigenvalue weighted by Gasteiger charge is 2.34. The molecule has 5 N–H and O–H groups in total. The molecule has 1 aliphatic carbocycles. The number of phenolic OH excluding ortho intramolecular Hbond substituents is 1. The van der Waals surface area contributed by atoms with Crippen molar-refractivity contribution in [3.63, 3.8) is 0 Å². The number of hydrogen-bond donors (Lipinski definition) is 3. The van der Waals surface area contributed by atoms with Gasteiger partial charge in [0.1, 0.15) is 17.3 Å². The number of aliphatic hydroxyl groups is 2. The molecule has 3 unspecified atom stereocenters. The molecule has 3 atom stereocenters. The molecule has 2 aromatic rings. The van der Waals surface area contributed by atoms with Gasteiger partial charge in [-0.25, -0.2) is 0 Å². The van der Waals surface area contributed by atoms with E-state index < -0.39 is 5.92 Å². The Balaban J connectivity index is 0. The lowest BCUT2D eigenvalue weighted by Gasteiger charge is -2.31. The first-order chi connectivity index (χ1) is 16.6. The second kappa shape index (κ2) is 14.6. The number of rotatable bonds is 9. The molecule has 0 bridgehead atoms. The predicted molar refractivity (Wildman–Crippen MR) is 143 cm³/mol. The largest absolute Gasteiger partial charge is 0.507 e. The van der Waals surface area contributed by atoms with Crippen LogP contribution >= 0.6 is 0 Å². The molecule has 0 aliphatic heterocycles. The van der Waals surface area contributed by atoms with Crippen molar-refractivity contribution in [2.24, 2.45) is 17.8 Å². The van der Waals surface area contributed by atoms with Gasteiger partial charge in [-0.15, -0.1) is 0 Å². The van der Waals surface area contributed by atoms with E-state index >= 15 is 0 Å². The lowest BCUT2D eigenvalue weighted by Crippen LogP contribution is -2.32. The number of phenols is 1. The molecule has 0 radical (unpaired) electrons. The first-order valence-electron chi connectivity index (χ1n) is 12.2. The van der Waals surface area contributed by atoms with Crippen LogP contribution in [0.2, 0.25) is 0 Å². The second-order valence-electron chi connectivity index (χ2n) is 9.75. The number of ketones is 3. The summed E-state index contributed by atoms with van der Waals surface area (Å²) in [6, 6.07) is 11.8.